The number of amides is 1. The molecule has 1 aliphatic heterocycles. The molecule has 0 saturated heterocycles. The van der Waals surface area contributed by atoms with E-state index in [1.54, 1.807) is 14.2 Å². The first-order chi connectivity index (χ1) is 13.7. The summed E-state index contributed by atoms with van der Waals surface area (Å²) in [7, 11) is 3.27. The molecule has 0 N–H and O–H groups in total. The van der Waals surface area contributed by atoms with Crippen LogP contribution >= 0.6 is 15.9 Å². The fraction of sp³-hybridized carbons (Fsp3) is 0.435. The molecule has 1 heterocycles. The molecule has 0 bridgehead atoms. The summed E-state index contributed by atoms with van der Waals surface area (Å²) < 4.78 is 17.7. The average Bonchev–Trinajstić information content (AvgIpc) is 2.67. The zero-order valence-electron chi connectivity index (χ0n) is 17.6. The largest absolute Gasteiger partial charge is 0.493 e. The first-order valence-corrected chi connectivity index (χ1v) is 10.5. The van der Waals surface area contributed by atoms with Crippen LogP contribution in [-0.2, 0) is 17.6 Å². The molecular formula is C23H28BrNO4. The van der Waals surface area contributed by atoms with E-state index in [0.29, 0.717) is 24.5 Å². The van der Waals surface area contributed by atoms with Crippen LogP contribution in [0.4, 0.5) is 4.79 Å². The quantitative estimate of drug-likeness (QED) is 0.599. The van der Waals surface area contributed by atoms with Gasteiger partial charge in [-0.25, -0.2) is 4.79 Å². The average molecular weight is 462 g/mol. The standard InChI is InChI=1S/C23H28BrNO4/c1-23(2,3)29-22(26)25-11-10-16-13-20(27-4)21(28-5)14-18(16)19(25)12-15-6-8-17(24)9-7-15/h6-9,13-14,19H,10-12H2,1-5H3. The number of benzene rings is 2. The SMILES string of the molecule is COc1cc2c(cc1OC)C(Cc1ccc(Br)cc1)N(C(=O)OC(C)(C)C)CC2. The fourth-order valence-corrected chi connectivity index (χ4v) is 3.90. The topological polar surface area (TPSA) is 48.0 Å². The van der Waals surface area contributed by atoms with E-state index in [9.17, 15) is 4.79 Å². The second-order valence-electron chi connectivity index (χ2n) is 8.18. The normalized spacial score (nSPS) is 16.2. The van der Waals surface area contributed by atoms with E-state index in [1.807, 2.05) is 49.9 Å². The molecule has 156 valence electrons. The van der Waals surface area contributed by atoms with Crippen LogP contribution in [0, 0.1) is 0 Å². The number of carbonyl (C=O) groups excluding carboxylic acids is 1. The Balaban J connectivity index is 2.02. The van der Waals surface area contributed by atoms with Crippen molar-refractivity contribution in [3.8, 4) is 11.5 Å². The summed E-state index contributed by atoms with van der Waals surface area (Å²) in [5.74, 6) is 1.37. The highest BCUT2D eigenvalue weighted by atomic mass is 79.9. The van der Waals surface area contributed by atoms with Crippen molar-refractivity contribution in [3.63, 3.8) is 0 Å². The molecule has 0 aliphatic carbocycles. The Morgan fingerprint density at radius 1 is 1.10 bits per heavy atom. The van der Waals surface area contributed by atoms with E-state index in [0.717, 1.165) is 22.0 Å². The Morgan fingerprint density at radius 2 is 1.72 bits per heavy atom. The number of halogens is 1. The molecular weight excluding hydrogens is 434 g/mol. The maximum atomic E-state index is 13.0. The van der Waals surface area contributed by atoms with Crippen LogP contribution in [0.1, 0.15) is 43.5 Å². The monoisotopic (exact) mass is 461 g/mol. The lowest BCUT2D eigenvalue weighted by Gasteiger charge is -2.38. The Hall–Kier alpha value is -2.21. The lowest BCUT2D eigenvalue weighted by molar-refractivity contribution is 0.0141. The summed E-state index contributed by atoms with van der Waals surface area (Å²) in [6.07, 6.45) is 1.14. The van der Waals surface area contributed by atoms with Gasteiger partial charge in [-0.3, -0.25) is 0 Å². The smallest absolute Gasteiger partial charge is 0.410 e. The number of carbonyl (C=O) groups is 1. The molecule has 0 aromatic heterocycles. The van der Waals surface area contributed by atoms with Gasteiger partial charge in [-0.1, -0.05) is 28.1 Å². The second kappa shape index (κ2) is 8.66. The minimum Gasteiger partial charge on any atom is -0.493 e. The first kappa shape index (κ1) is 21.5. The number of nitrogens with zero attached hydrogens (tertiary/aromatic N) is 1. The Labute approximate surface area is 181 Å². The highest BCUT2D eigenvalue weighted by Crippen LogP contribution is 2.40. The van der Waals surface area contributed by atoms with Crippen molar-refractivity contribution in [2.45, 2.75) is 45.3 Å². The summed E-state index contributed by atoms with van der Waals surface area (Å²) in [6.45, 7) is 6.26. The van der Waals surface area contributed by atoms with Crippen LogP contribution in [-0.4, -0.2) is 37.4 Å². The second-order valence-corrected chi connectivity index (χ2v) is 9.09. The Kier molecular flexibility index (Phi) is 6.42. The van der Waals surface area contributed by atoms with E-state index < -0.39 is 5.60 Å². The Morgan fingerprint density at radius 3 is 2.31 bits per heavy atom. The molecule has 3 rings (SSSR count). The first-order valence-electron chi connectivity index (χ1n) is 9.70. The predicted octanol–water partition coefficient (Wildman–Crippen LogP) is 5.54. The summed E-state index contributed by atoms with van der Waals surface area (Å²) in [4.78, 5) is 14.8. The van der Waals surface area contributed by atoms with Gasteiger partial charge in [-0.15, -0.1) is 0 Å². The lowest BCUT2D eigenvalue weighted by atomic mass is 9.88. The van der Waals surface area contributed by atoms with Crippen molar-refractivity contribution in [1.82, 2.24) is 4.90 Å². The van der Waals surface area contributed by atoms with E-state index in [1.165, 1.54) is 5.56 Å². The van der Waals surface area contributed by atoms with Gasteiger partial charge in [0.2, 0.25) is 0 Å². The molecule has 0 fully saturated rings. The van der Waals surface area contributed by atoms with Crippen molar-refractivity contribution in [2.24, 2.45) is 0 Å². The lowest BCUT2D eigenvalue weighted by Crippen LogP contribution is -2.43. The maximum absolute atomic E-state index is 13.0. The molecule has 1 amide bonds. The van der Waals surface area contributed by atoms with Crippen LogP contribution in [0.15, 0.2) is 40.9 Å². The molecule has 0 saturated carbocycles. The predicted molar refractivity (Wildman–Crippen MR) is 117 cm³/mol. The Bertz CT molecular complexity index is 874. The molecule has 2 aromatic carbocycles. The minimum absolute atomic E-state index is 0.144. The van der Waals surface area contributed by atoms with Gasteiger partial charge in [-0.05, 0) is 74.6 Å². The van der Waals surface area contributed by atoms with Gasteiger partial charge in [0.1, 0.15) is 5.60 Å². The maximum Gasteiger partial charge on any atom is 0.410 e. The molecule has 0 radical (unpaired) electrons. The van der Waals surface area contributed by atoms with Gasteiger partial charge in [0.05, 0.1) is 20.3 Å². The molecule has 5 nitrogen and oxygen atoms in total. The van der Waals surface area contributed by atoms with Gasteiger partial charge in [0.25, 0.3) is 0 Å². The van der Waals surface area contributed by atoms with Crippen LogP contribution in [0.5, 0.6) is 11.5 Å². The molecule has 29 heavy (non-hydrogen) atoms. The number of methoxy groups -OCH3 is 2. The van der Waals surface area contributed by atoms with Crippen molar-refractivity contribution >= 4 is 22.0 Å². The third kappa shape index (κ3) is 5.04. The fourth-order valence-electron chi connectivity index (χ4n) is 3.63. The van der Waals surface area contributed by atoms with E-state index >= 15 is 0 Å². The number of fused-ring (bicyclic) bond motifs is 1. The van der Waals surface area contributed by atoms with E-state index in [4.69, 9.17) is 14.2 Å². The molecule has 1 unspecified atom stereocenters. The van der Waals surface area contributed by atoms with Gasteiger partial charge < -0.3 is 19.1 Å². The summed E-state index contributed by atoms with van der Waals surface area (Å²) in [5.41, 5.74) is 2.85. The van der Waals surface area contributed by atoms with Crippen LogP contribution < -0.4 is 9.47 Å². The van der Waals surface area contributed by atoms with Crippen molar-refractivity contribution in [3.05, 3.63) is 57.6 Å². The summed E-state index contributed by atoms with van der Waals surface area (Å²) in [5, 5.41) is 0. The van der Waals surface area contributed by atoms with Crippen LogP contribution in [0.25, 0.3) is 0 Å². The summed E-state index contributed by atoms with van der Waals surface area (Å²) >= 11 is 3.48. The van der Waals surface area contributed by atoms with Crippen molar-refractivity contribution in [2.75, 3.05) is 20.8 Å². The minimum atomic E-state index is -0.545. The third-order valence-corrected chi connectivity index (χ3v) is 5.50. The summed E-state index contributed by atoms with van der Waals surface area (Å²) in [6, 6.07) is 12.1. The highest BCUT2D eigenvalue weighted by Gasteiger charge is 2.34. The van der Waals surface area contributed by atoms with Crippen molar-refractivity contribution < 1.29 is 19.0 Å². The molecule has 1 atom stereocenters. The van der Waals surface area contributed by atoms with Crippen LogP contribution in [0.2, 0.25) is 0 Å². The zero-order valence-corrected chi connectivity index (χ0v) is 19.2. The third-order valence-electron chi connectivity index (χ3n) is 4.97. The highest BCUT2D eigenvalue weighted by molar-refractivity contribution is 9.10. The van der Waals surface area contributed by atoms with Gasteiger partial charge in [0, 0.05) is 11.0 Å². The molecule has 0 spiro atoms. The van der Waals surface area contributed by atoms with Gasteiger partial charge >= 0.3 is 6.09 Å². The number of rotatable bonds is 4. The van der Waals surface area contributed by atoms with E-state index in [2.05, 4.69) is 28.1 Å². The van der Waals surface area contributed by atoms with Crippen LogP contribution in [0.3, 0.4) is 0 Å². The molecule has 1 aliphatic rings. The van der Waals surface area contributed by atoms with E-state index in [-0.39, 0.29) is 12.1 Å². The number of hydrogen-bond donors (Lipinski definition) is 0. The van der Waals surface area contributed by atoms with Crippen molar-refractivity contribution in [1.29, 1.82) is 0 Å². The van der Waals surface area contributed by atoms with Gasteiger partial charge in [-0.2, -0.15) is 0 Å². The van der Waals surface area contributed by atoms with Gasteiger partial charge in [0.15, 0.2) is 11.5 Å². The zero-order chi connectivity index (χ0) is 21.2. The number of ether oxygens (including phenoxy) is 3. The molecule has 2 aromatic rings. The molecule has 6 heteroatoms. The number of hydrogen-bond acceptors (Lipinski definition) is 4.